The van der Waals surface area contributed by atoms with Crippen molar-refractivity contribution in [3.8, 4) is 28.8 Å². The Labute approximate surface area is 206 Å². The Hall–Kier alpha value is -4.55. The second-order valence-electron chi connectivity index (χ2n) is 7.75. The SMILES string of the molecule is CSc1nc2c(N)c(Nc3ccc(Oc4ccncc4)cc3)nn2c(-c2ccc(C)cc2)c1C#N. The van der Waals surface area contributed by atoms with Gasteiger partial charge in [-0.05, 0) is 49.6 Å². The molecule has 0 aliphatic carbocycles. The number of nitriles is 1. The van der Waals surface area contributed by atoms with Crippen molar-refractivity contribution < 1.29 is 4.74 Å². The maximum Gasteiger partial charge on any atom is 0.182 e. The van der Waals surface area contributed by atoms with Gasteiger partial charge in [0.2, 0.25) is 0 Å². The number of thioether (sulfide) groups is 1. The van der Waals surface area contributed by atoms with Gasteiger partial charge in [0.15, 0.2) is 11.5 Å². The molecule has 172 valence electrons. The van der Waals surface area contributed by atoms with Gasteiger partial charge in [-0.1, -0.05) is 29.8 Å². The molecule has 0 bridgehead atoms. The minimum atomic E-state index is 0.398. The molecular weight excluding hydrogens is 458 g/mol. The van der Waals surface area contributed by atoms with Gasteiger partial charge in [0, 0.05) is 23.6 Å². The zero-order valence-corrected chi connectivity index (χ0v) is 19.9. The van der Waals surface area contributed by atoms with E-state index in [9.17, 15) is 5.26 Å². The average molecular weight is 480 g/mol. The number of aromatic nitrogens is 4. The van der Waals surface area contributed by atoms with Crippen LogP contribution in [-0.2, 0) is 0 Å². The molecule has 0 aliphatic rings. The summed E-state index contributed by atoms with van der Waals surface area (Å²) in [5, 5.41) is 18.5. The highest BCUT2D eigenvalue weighted by Gasteiger charge is 2.22. The summed E-state index contributed by atoms with van der Waals surface area (Å²) >= 11 is 1.40. The fourth-order valence-electron chi connectivity index (χ4n) is 3.65. The molecule has 2 aromatic carbocycles. The lowest BCUT2D eigenvalue weighted by atomic mass is 10.1. The van der Waals surface area contributed by atoms with Crippen LogP contribution in [0.1, 0.15) is 11.1 Å². The normalized spacial score (nSPS) is 10.8. The molecule has 3 N–H and O–H groups in total. The molecule has 3 heterocycles. The van der Waals surface area contributed by atoms with Gasteiger partial charge in [-0.25, -0.2) is 9.50 Å². The molecule has 35 heavy (non-hydrogen) atoms. The van der Waals surface area contributed by atoms with Gasteiger partial charge in [-0.3, -0.25) is 4.98 Å². The number of benzene rings is 2. The number of hydrogen-bond donors (Lipinski definition) is 2. The highest BCUT2D eigenvalue weighted by molar-refractivity contribution is 7.98. The van der Waals surface area contributed by atoms with Gasteiger partial charge in [-0.2, -0.15) is 5.26 Å². The maximum atomic E-state index is 9.94. The molecule has 5 aromatic rings. The van der Waals surface area contributed by atoms with Gasteiger partial charge in [0.25, 0.3) is 0 Å². The van der Waals surface area contributed by atoms with E-state index in [0.717, 1.165) is 16.8 Å². The summed E-state index contributed by atoms with van der Waals surface area (Å²) in [4.78, 5) is 8.63. The van der Waals surface area contributed by atoms with E-state index >= 15 is 0 Å². The van der Waals surface area contributed by atoms with Crippen molar-refractivity contribution in [2.24, 2.45) is 0 Å². The lowest BCUT2D eigenvalue weighted by molar-refractivity contribution is 0.482. The van der Waals surface area contributed by atoms with Crippen molar-refractivity contribution in [3.05, 3.63) is 84.2 Å². The molecule has 8 nitrogen and oxygen atoms in total. The largest absolute Gasteiger partial charge is 0.457 e. The minimum absolute atomic E-state index is 0.398. The number of aryl methyl sites for hydroxylation is 1. The number of fused-ring (bicyclic) bond motifs is 1. The molecule has 0 saturated carbocycles. The standard InChI is InChI=1S/C26H21N7OS/c1-16-3-5-17(6-4-16)23-21(15-27)26(35-2)31-25-22(28)24(32-33(23)25)30-18-7-9-19(10-8-18)34-20-11-13-29-14-12-20/h3-14H,28H2,1-2H3,(H,30,32). The van der Waals surface area contributed by atoms with Crippen molar-refractivity contribution in [3.63, 3.8) is 0 Å². The van der Waals surface area contributed by atoms with E-state index < -0.39 is 0 Å². The summed E-state index contributed by atoms with van der Waals surface area (Å²) in [7, 11) is 0. The van der Waals surface area contributed by atoms with Crippen LogP contribution in [0.4, 0.5) is 17.2 Å². The van der Waals surface area contributed by atoms with Crippen molar-refractivity contribution in [1.29, 1.82) is 5.26 Å². The number of nitrogens with zero attached hydrogens (tertiary/aromatic N) is 5. The molecule has 0 spiro atoms. The number of nitrogens with one attached hydrogen (secondary N) is 1. The summed E-state index contributed by atoms with van der Waals surface area (Å²) in [6.45, 7) is 2.02. The molecule has 9 heteroatoms. The first-order valence-electron chi connectivity index (χ1n) is 10.8. The summed E-state index contributed by atoms with van der Waals surface area (Å²) in [5.74, 6) is 1.85. The molecule has 0 amide bonds. The fourth-order valence-corrected chi connectivity index (χ4v) is 4.17. The first kappa shape index (κ1) is 22.3. The van der Waals surface area contributed by atoms with Crippen LogP contribution >= 0.6 is 11.8 Å². The Balaban J connectivity index is 1.53. The van der Waals surface area contributed by atoms with Crippen LogP contribution < -0.4 is 15.8 Å². The predicted octanol–water partition coefficient (Wildman–Crippen LogP) is 5.81. The van der Waals surface area contributed by atoms with Crippen LogP contribution in [0.3, 0.4) is 0 Å². The number of nitrogen functional groups attached to an aromatic ring is 1. The topological polar surface area (TPSA) is 114 Å². The zero-order chi connectivity index (χ0) is 24.4. The van der Waals surface area contributed by atoms with Crippen molar-refractivity contribution in [2.75, 3.05) is 17.3 Å². The second kappa shape index (κ2) is 9.37. The molecule has 5 rings (SSSR count). The third kappa shape index (κ3) is 4.35. The lowest BCUT2D eigenvalue weighted by Crippen LogP contribution is -2.03. The summed E-state index contributed by atoms with van der Waals surface area (Å²) < 4.78 is 7.46. The fraction of sp³-hybridized carbons (Fsp3) is 0.0769. The highest BCUT2D eigenvalue weighted by Crippen LogP contribution is 2.35. The van der Waals surface area contributed by atoms with Crippen LogP contribution in [0.2, 0.25) is 0 Å². The van der Waals surface area contributed by atoms with E-state index in [1.165, 1.54) is 11.8 Å². The Morgan fingerprint density at radius 2 is 1.69 bits per heavy atom. The Morgan fingerprint density at radius 3 is 2.34 bits per heavy atom. The van der Waals surface area contributed by atoms with Crippen LogP contribution in [0.25, 0.3) is 16.9 Å². The number of hydrogen-bond acceptors (Lipinski definition) is 8. The van der Waals surface area contributed by atoms with Gasteiger partial charge in [-0.15, -0.1) is 16.9 Å². The first-order valence-corrected chi connectivity index (χ1v) is 12.0. The van der Waals surface area contributed by atoms with Gasteiger partial charge >= 0.3 is 0 Å². The molecule has 3 aromatic heterocycles. The van der Waals surface area contributed by atoms with Crippen LogP contribution in [0.5, 0.6) is 11.5 Å². The third-order valence-corrected chi connectivity index (χ3v) is 6.08. The average Bonchev–Trinajstić information content (AvgIpc) is 3.19. The smallest absolute Gasteiger partial charge is 0.182 e. The quantitative estimate of drug-likeness (QED) is 0.232. The minimum Gasteiger partial charge on any atom is -0.457 e. The van der Waals surface area contributed by atoms with E-state index in [4.69, 9.17) is 15.6 Å². The van der Waals surface area contributed by atoms with Gasteiger partial charge in [0.1, 0.15) is 33.8 Å². The third-order valence-electron chi connectivity index (χ3n) is 5.40. The van der Waals surface area contributed by atoms with Crippen LogP contribution in [-0.4, -0.2) is 25.8 Å². The lowest BCUT2D eigenvalue weighted by Gasteiger charge is -2.10. The Bertz CT molecular complexity index is 1540. The molecular formula is C26H21N7OS. The molecule has 0 aliphatic heterocycles. The molecule has 0 saturated heterocycles. The summed E-state index contributed by atoms with van der Waals surface area (Å²) in [6.07, 6.45) is 5.24. The second-order valence-corrected chi connectivity index (χ2v) is 8.55. The highest BCUT2D eigenvalue weighted by atomic mass is 32.2. The van der Waals surface area contributed by atoms with E-state index in [1.807, 2.05) is 61.7 Å². The van der Waals surface area contributed by atoms with Crippen LogP contribution in [0.15, 0.2) is 78.1 Å². The molecule has 0 radical (unpaired) electrons. The van der Waals surface area contributed by atoms with Gasteiger partial charge < -0.3 is 15.8 Å². The molecule has 0 unspecified atom stereocenters. The van der Waals surface area contributed by atoms with Gasteiger partial charge in [0.05, 0.1) is 5.69 Å². The Kier molecular flexibility index (Phi) is 5.95. The number of nitrogens with two attached hydrogens (primary N) is 1. The molecule has 0 atom stereocenters. The van der Waals surface area contributed by atoms with Crippen molar-refractivity contribution in [1.82, 2.24) is 19.6 Å². The summed E-state index contributed by atoms with van der Waals surface area (Å²) in [6, 6.07) is 21.3. The van der Waals surface area contributed by atoms with E-state index in [2.05, 4.69) is 21.4 Å². The zero-order valence-electron chi connectivity index (χ0n) is 19.1. The number of ether oxygens (including phenoxy) is 1. The van der Waals surface area contributed by atoms with Crippen molar-refractivity contribution in [2.45, 2.75) is 11.9 Å². The van der Waals surface area contributed by atoms with E-state index in [-0.39, 0.29) is 0 Å². The molecule has 0 fully saturated rings. The first-order chi connectivity index (χ1) is 17.1. The monoisotopic (exact) mass is 479 g/mol. The number of rotatable bonds is 6. The van der Waals surface area contributed by atoms with Crippen molar-refractivity contribution >= 4 is 34.6 Å². The van der Waals surface area contributed by atoms with E-state index in [1.54, 1.807) is 29.0 Å². The Morgan fingerprint density at radius 1 is 1.00 bits per heavy atom. The van der Waals surface area contributed by atoms with Crippen LogP contribution in [0, 0.1) is 18.3 Å². The maximum absolute atomic E-state index is 9.94. The van der Waals surface area contributed by atoms with E-state index in [0.29, 0.717) is 44.9 Å². The predicted molar refractivity (Wildman–Crippen MR) is 138 cm³/mol. The summed E-state index contributed by atoms with van der Waals surface area (Å²) in [5.41, 5.74) is 11.2. The number of pyridine rings is 1. The number of anilines is 3.